The Bertz CT molecular complexity index is 2700. The van der Waals surface area contributed by atoms with Gasteiger partial charge in [-0.25, -0.2) is 14.6 Å². The largest absolute Gasteiger partial charge is 0.488 e. The lowest BCUT2D eigenvalue weighted by Crippen LogP contribution is -2.57. The first kappa shape index (κ1) is 47.7. The van der Waals surface area contributed by atoms with Crippen molar-refractivity contribution >= 4 is 46.2 Å². The van der Waals surface area contributed by atoms with E-state index in [-0.39, 0.29) is 72.2 Å². The fourth-order valence-electron chi connectivity index (χ4n) is 12.8. The van der Waals surface area contributed by atoms with Gasteiger partial charge >= 0.3 is 12.2 Å². The first-order valence-corrected chi connectivity index (χ1v) is 25.3. The first-order chi connectivity index (χ1) is 33.7. The third-order valence-corrected chi connectivity index (χ3v) is 15.9. The van der Waals surface area contributed by atoms with Crippen LogP contribution in [0.4, 0.5) is 15.3 Å². The monoisotopic (exact) mass is 958 g/mol. The molecule has 4 aromatic rings. The number of H-pyrrole nitrogens is 1. The molecule has 70 heavy (non-hydrogen) atoms. The molecular formula is C54H67N7O9. The van der Waals surface area contributed by atoms with Gasteiger partial charge in [0, 0.05) is 29.8 Å². The van der Waals surface area contributed by atoms with Gasteiger partial charge in [-0.2, -0.15) is 0 Å². The van der Waals surface area contributed by atoms with Crippen molar-refractivity contribution in [3.8, 4) is 28.1 Å². The third kappa shape index (κ3) is 9.01. The fourth-order valence-corrected chi connectivity index (χ4v) is 12.8. The molecule has 4 amide bonds. The number of ether oxygens (including phenoxy) is 5. The number of alkyl carbamates (subject to hydrolysis) is 2. The van der Waals surface area contributed by atoms with Crippen LogP contribution in [0.15, 0.2) is 53.7 Å². The molecule has 0 spiro atoms. The molecule has 0 aliphatic carbocycles. The van der Waals surface area contributed by atoms with Crippen LogP contribution in [-0.2, 0) is 41.6 Å². The van der Waals surface area contributed by atoms with Crippen LogP contribution in [-0.4, -0.2) is 118 Å². The van der Waals surface area contributed by atoms with Crippen LogP contribution in [0, 0.1) is 11.8 Å². The number of hydrogen-bond donors (Lipinski definition) is 3. The maximum Gasteiger partial charge on any atom is 0.407 e. The Morgan fingerprint density at radius 1 is 0.714 bits per heavy atom. The standard InChI is InChI=1S/C54H67N7O9/c1-27-9-15-45(60(27)51(62)48(58-53(64)66-7)35-17-29(3)69-30(4)18-35)43-23-40-39-24-47-41(22-33(39)12-14-42(40)56-43)38-13-11-34(21-37(38)26-68-47)44-25-55-50(57-44)46-16-10-28(2)61(46)52(63)49(59-54(65)67-8)36-19-31(5)70-32(6)20-36/h11-14,21-22,24-25,27-32,35-36,45-46,48-49H,9-10,15-20,23,26H2,1-8H3,(H,55,57)(H,58,64)(H,59,65)/t27-,28-,29+,30+,31-,32+,36?,45-,46-,48-,49-/m0/s1. The molecular weight excluding hydrogens is 891 g/mol. The molecule has 1 aromatic heterocycles. The lowest BCUT2D eigenvalue weighted by molar-refractivity contribution is -0.140. The molecule has 11 atom stereocenters. The SMILES string of the molecule is COC(=O)N[C@H](C(=O)N1[C@@H](C)CC[C@H]1C1=Nc2ccc3cc4c(cc3c2C1)OCc1cc(-c2cnc([C@@H]3CC[C@H](C)N3C(=O)[C@@H](NC(=O)OC)C3C[C@@H](C)O[C@@H](C)C3)[nH]2)ccc1-4)C1C[C@@H](C)O[C@H](C)C1. The van der Waals surface area contributed by atoms with Crippen LogP contribution in [0.25, 0.3) is 33.2 Å². The Morgan fingerprint density at radius 2 is 1.30 bits per heavy atom. The van der Waals surface area contributed by atoms with E-state index in [4.69, 9.17) is 33.7 Å². The summed E-state index contributed by atoms with van der Waals surface area (Å²) >= 11 is 0. The Morgan fingerprint density at radius 3 is 1.90 bits per heavy atom. The molecule has 16 nitrogen and oxygen atoms in total. The fraction of sp³-hybridized carbons (Fsp3) is 0.556. The van der Waals surface area contributed by atoms with E-state index in [0.717, 1.165) is 87.1 Å². The number of carbonyl (C=O) groups is 4. The van der Waals surface area contributed by atoms with E-state index in [1.54, 1.807) is 0 Å². The zero-order chi connectivity index (χ0) is 49.1. The smallest absolute Gasteiger partial charge is 0.407 e. The zero-order valence-corrected chi connectivity index (χ0v) is 41.6. The van der Waals surface area contributed by atoms with Gasteiger partial charge in [-0.3, -0.25) is 14.6 Å². The van der Waals surface area contributed by atoms with Crippen LogP contribution < -0.4 is 15.4 Å². The topological polar surface area (TPSA) is 186 Å². The number of carbonyl (C=O) groups excluding carboxylic acids is 4. The zero-order valence-electron chi connectivity index (χ0n) is 41.6. The highest BCUT2D eigenvalue weighted by atomic mass is 16.5. The van der Waals surface area contributed by atoms with Gasteiger partial charge in [0.1, 0.15) is 30.3 Å². The number of nitrogens with zero attached hydrogens (tertiary/aromatic N) is 4. The van der Waals surface area contributed by atoms with Crippen molar-refractivity contribution in [2.45, 2.75) is 167 Å². The summed E-state index contributed by atoms with van der Waals surface area (Å²) in [6.45, 7) is 12.6. The summed E-state index contributed by atoms with van der Waals surface area (Å²) in [5, 5.41) is 7.97. The minimum Gasteiger partial charge on any atom is -0.488 e. The van der Waals surface area contributed by atoms with E-state index in [2.05, 4.69) is 71.9 Å². The lowest BCUT2D eigenvalue weighted by atomic mass is 9.85. The lowest BCUT2D eigenvalue weighted by Gasteiger charge is -2.39. The number of likely N-dealkylation sites (tertiary alicyclic amines) is 2. The van der Waals surface area contributed by atoms with Crippen LogP contribution >= 0.6 is 0 Å². The molecule has 16 heteroatoms. The van der Waals surface area contributed by atoms with E-state index >= 15 is 0 Å². The maximum atomic E-state index is 14.7. The number of benzene rings is 3. The van der Waals surface area contributed by atoms with Gasteiger partial charge < -0.3 is 49.1 Å². The van der Waals surface area contributed by atoms with Crippen LogP contribution in [0.2, 0.25) is 0 Å². The number of nitrogens with one attached hydrogen (secondary N) is 3. The summed E-state index contributed by atoms with van der Waals surface area (Å²) in [7, 11) is 2.65. The summed E-state index contributed by atoms with van der Waals surface area (Å²) in [5.41, 5.74) is 7.98. The number of aromatic nitrogens is 2. The highest BCUT2D eigenvalue weighted by molar-refractivity contribution is 6.07. The summed E-state index contributed by atoms with van der Waals surface area (Å²) < 4.78 is 28.5. The Balaban J connectivity index is 0.865. The summed E-state index contributed by atoms with van der Waals surface area (Å²) in [5.74, 6) is 1.12. The number of aliphatic imine (C=N–C) groups is 1. The molecule has 3 aromatic carbocycles. The molecule has 372 valence electrons. The molecule has 0 saturated carbocycles. The van der Waals surface area contributed by atoms with E-state index in [9.17, 15) is 19.2 Å². The molecule has 4 saturated heterocycles. The van der Waals surface area contributed by atoms with Crippen LogP contribution in [0.5, 0.6) is 5.75 Å². The second-order valence-corrected chi connectivity index (χ2v) is 20.8. The maximum absolute atomic E-state index is 14.7. The van der Waals surface area contributed by atoms with E-state index < -0.39 is 24.3 Å². The number of imidazole rings is 1. The minimum absolute atomic E-state index is 0.0161. The van der Waals surface area contributed by atoms with Crippen molar-refractivity contribution in [3.05, 3.63) is 65.6 Å². The summed E-state index contributed by atoms with van der Waals surface area (Å²) in [4.78, 5) is 71.9. The van der Waals surface area contributed by atoms with Crippen molar-refractivity contribution in [1.82, 2.24) is 30.4 Å². The summed E-state index contributed by atoms with van der Waals surface area (Å²) in [6, 6.07) is 13.0. The molecule has 3 N–H and O–H groups in total. The van der Waals surface area contributed by atoms with Gasteiger partial charge in [0.05, 0.1) is 68.3 Å². The van der Waals surface area contributed by atoms with Gasteiger partial charge in [-0.05, 0) is 162 Å². The first-order valence-electron chi connectivity index (χ1n) is 25.3. The number of aromatic amines is 1. The Labute approximate surface area is 409 Å². The second-order valence-electron chi connectivity index (χ2n) is 20.8. The molecule has 4 fully saturated rings. The number of hydrogen-bond acceptors (Lipinski definition) is 11. The quantitative estimate of drug-likeness (QED) is 0.147. The predicted octanol–water partition coefficient (Wildman–Crippen LogP) is 8.71. The van der Waals surface area contributed by atoms with Crippen LogP contribution in [0.1, 0.15) is 116 Å². The van der Waals surface area contributed by atoms with Gasteiger partial charge in [-0.15, -0.1) is 0 Å². The second kappa shape index (κ2) is 19.3. The van der Waals surface area contributed by atoms with Crippen molar-refractivity contribution in [2.24, 2.45) is 16.8 Å². The Hall–Kier alpha value is -6.00. The normalized spacial score (nSPS) is 29.0. The molecule has 10 rings (SSSR count). The molecule has 6 aliphatic heterocycles. The Kier molecular flexibility index (Phi) is 13.1. The predicted molar refractivity (Wildman–Crippen MR) is 264 cm³/mol. The van der Waals surface area contributed by atoms with Crippen molar-refractivity contribution in [1.29, 1.82) is 0 Å². The van der Waals surface area contributed by atoms with Gasteiger partial charge in [0.25, 0.3) is 0 Å². The average molecular weight is 958 g/mol. The van der Waals surface area contributed by atoms with Crippen LogP contribution in [0.3, 0.4) is 0 Å². The van der Waals surface area contributed by atoms with Gasteiger partial charge in [0.2, 0.25) is 11.8 Å². The summed E-state index contributed by atoms with van der Waals surface area (Å²) in [6.07, 6.45) is 6.95. The molecule has 7 heterocycles. The number of methoxy groups -OCH3 is 2. The van der Waals surface area contributed by atoms with E-state index in [0.29, 0.717) is 44.5 Å². The number of fused-ring (bicyclic) bond motifs is 6. The molecule has 6 aliphatic rings. The molecule has 1 unspecified atom stereocenters. The van der Waals surface area contributed by atoms with Gasteiger partial charge in [0.15, 0.2) is 0 Å². The highest BCUT2D eigenvalue weighted by Crippen LogP contribution is 2.46. The highest BCUT2D eigenvalue weighted by Gasteiger charge is 2.47. The van der Waals surface area contributed by atoms with Crippen molar-refractivity contribution < 1.29 is 42.9 Å². The average Bonchev–Trinajstić information content (AvgIpc) is 4.16. The van der Waals surface area contributed by atoms with Crippen molar-refractivity contribution in [2.75, 3.05) is 14.2 Å². The number of rotatable bonds is 9. The van der Waals surface area contributed by atoms with Gasteiger partial charge in [-0.1, -0.05) is 18.2 Å². The number of amides is 4. The minimum atomic E-state index is -0.747. The third-order valence-electron chi connectivity index (χ3n) is 15.9. The van der Waals surface area contributed by atoms with E-state index in [1.165, 1.54) is 14.2 Å². The van der Waals surface area contributed by atoms with Crippen molar-refractivity contribution in [3.63, 3.8) is 0 Å². The van der Waals surface area contributed by atoms with E-state index in [1.807, 2.05) is 43.7 Å². The molecule has 0 bridgehead atoms. The molecule has 0 radical (unpaired) electrons.